The van der Waals surface area contributed by atoms with Crippen molar-refractivity contribution in [3.8, 4) is 5.75 Å². The maximum absolute atomic E-state index is 11.9. The zero-order valence-corrected chi connectivity index (χ0v) is 11.2. The van der Waals surface area contributed by atoms with Gasteiger partial charge in [-0.25, -0.2) is 0 Å². The highest BCUT2D eigenvalue weighted by atomic mass is 35.5. The fourth-order valence-corrected chi connectivity index (χ4v) is 1.38. The summed E-state index contributed by atoms with van der Waals surface area (Å²) in [5.74, 6) is -0.234. The van der Waals surface area contributed by atoms with Gasteiger partial charge in [0, 0.05) is 6.04 Å². The lowest BCUT2D eigenvalue weighted by Crippen LogP contribution is -2.26. The third-order valence-corrected chi connectivity index (χ3v) is 2.41. The molecule has 0 aromatic heterocycles. The van der Waals surface area contributed by atoms with Crippen LogP contribution in [-0.4, -0.2) is 6.36 Å². The molecule has 104 valence electrons. The first kappa shape index (κ1) is 17.1. The van der Waals surface area contributed by atoms with E-state index in [1.165, 1.54) is 12.1 Å². The summed E-state index contributed by atoms with van der Waals surface area (Å²) in [5, 5.41) is 0. The average Bonchev–Trinajstić information content (AvgIpc) is 2.14. The van der Waals surface area contributed by atoms with Gasteiger partial charge in [-0.1, -0.05) is 32.9 Å². The highest BCUT2D eigenvalue weighted by Crippen LogP contribution is 2.31. The Labute approximate surface area is 111 Å². The molecule has 0 saturated carbocycles. The van der Waals surface area contributed by atoms with Gasteiger partial charge in [-0.2, -0.15) is 0 Å². The Kier molecular flexibility index (Phi) is 5.50. The lowest BCUT2D eigenvalue weighted by Gasteiger charge is -2.27. The number of ether oxygens (including phenoxy) is 1. The minimum Gasteiger partial charge on any atom is -0.406 e. The van der Waals surface area contributed by atoms with Crippen LogP contribution < -0.4 is 10.5 Å². The number of benzene rings is 1. The molecule has 0 amide bonds. The van der Waals surface area contributed by atoms with E-state index < -0.39 is 6.36 Å². The lowest BCUT2D eigenvalue weighted by atomic mass is 9.83. The summed E-state index contributed by atoms with van der Waals surface area (Å²) < 4.78 is 39.6. The van der Waals surface area contributed by atoms with Crippen molar-refractivity contribution < 1.29 is 17.9 Å². The van der Waals surface area contributed by atoms with Gasteiger partial charge in [0.1, 0.15) is 5.75 Å². The van der Waals surface area contributed by atoms with Gasteiger partial charge in [-0.3, -0.25) is 0 Å². The van der Waals surface area contributed by atoms with E-state index in [-0.39, 0.29) is 29.6 Å². The summed E-state index contributed by atoms with van der Waals surface area (Å²) in [6.07, 6.45) is -4.66. The lowest BCUT2D eigenvalue weighted by molar-refractivity contribution is -0.274. The van der Waals surface area contributed by atoms with Crippen LogP contribution in [0.3, 0.4) is 0 Å². The summed E-state index contributed by atoms with van der Waals surface area (Å²) in [7, 11) is 0. The molecule has 18 heavy (non-hydrogen) atoms. The van der Waals surface area contributed by atoms with Crippen LogP contribution in [-0.2, 0) is 0 Å². The van der Waals surface area contributed by atoms with Crippen LogP contribution >= 0.6 is 12.4 Å². The monoisotopic (exact) mass is 283 g/mol. The van der Waals surface area contributed by atoms with Gasteiger partial charge < -0.3 is 10.5 Å². The van der Waals surface area contributed by atoms with Crippen LogP contribution in [0, 0.1) is 5.41 Å². The molecule has 2 nitrogen and oxygen atoms in total. The molecule has 0 aliphatic heterocycles. The van der Waals surface area contributed by atoms with E-state index in [0.717, 1.165) is 5.56 Å². The molecule has 0 aliphatic carbocycles. The Morgan fingerprint density at radius 2 is 1.50 bits per heavy atom. The number of hydrogen-bond acceptors (Lipinski definition) is 2. The van der Waals surface area contributed by atoms with E-state index in [4.69, 9.17) is 5.73 Å². The SMILES string of the molecule is CC(C)(C)[C@H](N)c1ccc(OC(F)(F)F)cc1.Cl. The van der Waals surface area contributed by atoms with Crippen molar-refractivity contribution in [2.45, 2.75) is 33.2 Å². The molecule has 0 radical (unpaired) electrons. The second-order valence-electron chi connectivity index (χ2n) is 4.96. The molecule has 6 heteroatoms. The summed E-state index contributed by atoms with van der Waals surface area (Å²) >= 11 is 0. The summed E-state index contributed by atoms with van der Waals surface area (Å²) in [5.41, 5.74) is 6.62. The Morgan fingerprint density at radius 1 is 1.06 bits per heavy atom. The molecule has 2 N–H and O–H groups in total. The largest absolute Gasteiger partial charge is 0.573 e. The van der Waals surface area contributed by atoms with Crippen molar-refractivity contribution in [1.29, 1.82) is 0 Å². The standard InChI is InChI=1S/C12H16F3NO.ClH/c1-11(2,3)10(16)8-4-6-9(7-5-8)17-12(13,14)15;/h4-7,10H,16H2,1-3H3;1H/t10-;/m1./s1. The van der Waals surface area contributed by atoms with Crippen LogP contribution in [0.1, 0.15) is 32.4 Å². The molecule has 0 fully saturated rings. The van der Waals surface area contributed by atoms with Gasteiger partial charge >= 0.3 is 6.36 Å². The van der Waals surface area contributed by atoms with E-state index >= 15 is 0 Å². The first-order valence-electron chi connectivity index (χ1n) is 5.21. The Hall–Kier alpha value is -0.940. The summed E-state index contributed by atoms with van der Waals surface area (Å²) in [6, 6.07) is 5.42. The van der Waals surface area contributed by atoms with Gasteiger partial charge in [-0.15, -0.1) is 25.6 Å². The molecule has 0 aliphatic rings. The number of alkyl halides is 3. The molecule has 0 unspecified atom stereocenters. The topological polar surface area (TPSA) is 35.2 Å². The highest BCUT2D eigenvalue weighted by Gasteiger charge is 2.31. The molecule has 1 atom stereocenters. The van der Waals surface area contributed by atoms with Crippen molar-refractivity contribution in [3.05, 3.63) is 29.8 Å². The summed E-state index contributed by atoms with van der Waals surface area (Å²) in [6.45, 7) is 5.91. The first-order valence-corrected chi connectivity index (χ1v) is 5.21. The molecule has 0 heterocycles. The number of nitrogens with two attached hydrogens (primary N) is 1. The van der Waals surface area contributed by atoms with E-state index in [0.29, 0.717) is 0 Å². The van der Waals surface area contributed by atoms with Gasteiger partial charge in [0.05, 0.1) is 0 Å². The first-order chi connectivity index (χ1) is 7.59. The fourth-order valence-electron chi connectivity index (χ4n) is 1.38. The average molecular weight is 284 g/mol. The predicted molar refractivity (Wildman–Crippen MR) is 66.8 cm³/mol. The van der Waals surface area contributed by atoms with Crippen LogP contribution in [0.4, 0.5) is 13.2 Å². The summed E-state index contributed by atoms with van der Waals surface area (Å²) in [4.78, 5) is 0. The normalized spacial score (nSPS) is 13.7. The third-order valence-electron chi connectivity index (χ3n) is 2.41. The van der Waals surface area contributed by atoms with Crippen molar-refractivity contribution in [2.24, 2.45) is 11.1 Å². The molecular formula is C12H17ClF3NO. The van der Waals surface area contributed by atoms with Gasteiger partial charge in [0.2, 0.25) is 0 Å². The van der Waals surface area contributed by atoms with Crippen molar-refractivity contribution in [1.82, 2.24) is 0 Å². The van der Waals surface area contributed by atoms with Crippen LogP contribution in [0.15, 0.2) is 24.3 Å². The van der Waals surface area contributed by atoms with Crippen molar-refractivity contribution in [2.75, 3.05) is 0 Å². The van der Waals surface area contributed by atoms with Crippen molar-refractivity contribution >= 4 is 12.4 Å². The van der Waals surface area contributed by atoms with E-state index in [9.17, 15) is 13.2 Å². The Balaban J connectivity index is 0.00000289. The van der Waals surface area contributed by atoms with E-state index in [1.807, 2.05) is 20.8 Å². The second-order valence-corrected chi connectivity index (χ2v) is 4.96. The molecule has 1 aromatic rings. The van der Waals surface area contributed by atoms with E-state index in [2.05, 4.69) is 4.74 Å². The molecule has 1 rings (SSSR count). The Morgan fingerprint density at radius 3 is 1.83 bits per heavy atom. The second kappa shape index (κ2) is 5.80. The Bertz CT molecular complexity index is 370. The van der Waals surface area contributed by atoms with Crippen molar-refractivity contribution in [3.63, 3.8) is 0 Å². The van der Waals surface area contributed by atoms with Gasteiger partial charge in [0.25, 0.3) is 0 Å². The fraction of sp³-hybridized carbons (Fsp3) is 0.500. The highest BCUT2D eigenvalue weighted by molar-refractivity contribution is 5.85. The van der Waals surface area contributed by atoms with Gasteiger partial charge in [-0.05, 0) is 23.1 Å². The van der Waals surface area contributed by atoms with E-state index in [1.54, 1.807) is 12.1 Å². The third kappa shape index (κ3) is 5.14. The molecular weight excluding hydrogens is 267 g/mol. The maximum atomic E-state index is 11.9. The smallest absolute Gasteiger partial charge is 0.406 e. The zero-order chi connectivity index (χ0) is 13.3. The van der Waals surface area contributed by atoms with Crippen LogP contribution in [0.5, 0.6) is 5.75 Å². The molecule has 1 aromatic carbocycles. The number of rotatable bonds is 2. The minimum atomic E-state index is -4.66. The predicted octanol–water partition coefficient (Wildman–Crippen LogP) is 4.05. The molecule has 0 bridgehead atoms. The number of halogens is 4. The minimum absolute atomic E-state index is 0. The van der Waals surface area contributed by atoms with Crippen LogP contribution in [0.25, 0.3) is 0 Å². The molecule has 0 saturated heterocycles. The molecule has 0 spiro atoms. The van der Waals surface area contributed by atoms with Gasteiger partial charge in [0.15, 0.2) is 0 Å². The van der Waals surface area contributed by atoms with Crippen LogP contribution in [0.2, 0.25) is 0 Å². The quantitative estimate of drug-likeness (QED) is 0.888. The maximum Gasteiger partial charge on any atom is 0.573 e. The number of hydrogen-bond donors (Lipinski definition) is 1. The zero-order valence-electron chi connectivity index (χ0n) is 10.4.